The van der Waals surface area contributed by atoms with E-state index in [-0.39, 0.29) is 17.9 Å². The van der Waals surface area contributed by atoms with Crippen LogP contribution >= 0.6 is 15.9 Å². The lowest BCUT2D eigenvalue weighted by Gasteiger charge is -2.25. The Morgan fingerprint density at radius 1 is 1.18 bits per heavy atom. The lowest BCUT2D eigenvalue weighted by atomic mass is 10.0. The van der Waals surface area contributed by atoms with E-state index in [4.69, 9.17) is 4.74 Å². The highest BCUT2D eigenvalue weighted by Crippen LogP contribution is 2.31. The normalized spacial score (nSPS) is 12.5. The largest absolute Gasteiger partial charge is 0.464 e. The predicted molar refractivity (Wildman–Crippen MR) is 92.8 cm³/mol. The summed E-state index contributed by atoms with van der Waals surface area (Å²) in [5.74, 6) is -0.0190. The molecule has 0 bridgehead atoms. The maximum atomic E-state index is 12.4. The Hall–Kier alpha value is -1.55. The highest BCUT2D eigenvalue weighted by atomic mass is 79.9. The number of carbonyl (C=O) groups is 1. The summed E-state index contributed by atoms with van der Waals surface area (Å²) in [5, 5.41) is 0. The molecule has 0 aliphatic rings. The van der Waals surface area contributed by atoms with Crippen molar-refractivity contribution in [2.24, 2.45) is 5.92 Å². The number of hydrogen-bond donors (Lipinski definition) is 0. The van der Waals surface area contributed by atoms with E-state index < -0.39 is 0 Å². The molecule has 0 amide bonds. The van der Waals surface area contributed by atoms with Gasteiger partial charge in [-0.2, -0.15) is 0 Å². The minimum atomic E-state index is -0.311. The topological polar surface area (TPSA) is 31.2 Å². The molecule has 1 aromatic heterocycles. The van der Waals surface area contributed by atoms with Gasteiger partial charge in [-0.05, 0) is 49.6 Å². The number of rotatable bonds is 5. The van der Waals surface area contributed by atoms with Gasteiger partial charge in [0.25, 0.3) is 0 Å². The molecule has 1 aromatic carbocycles. The van der Waals surface area contributed by atoms with Gasteiger partial charge in [0.15, 0.2) is 0 Å². The van der Waals surface area contributed by atoms with Crippen molar-refractivity contribution in [3.63, 3.8) is 0 Å². The summed E-state index contributed by atoms with van der Waals surface area (Å²) in [7, 11) is 0. The lowest BCUT2D eigenvalue weighted by molar-refractivity contribution is -0.148. The first-order valence-electron chi connectivity index (χ1n) is 7.56. The van der Waals surface area contributed by atoms with Crippen LogP contribution in [0.1, 0.15) is 32.5 Å². The van der Waals surface area contributed by atoms with Gasteiger partial charge < -0.3 is 9.30 Å². The van der Waals surface area contributed by atoms with E-state index in [1.54, 1.807) is 0 Å². The predicted octanol–water partition coefficient (Wildman–Crippen LogP) is 4.99. The summed E-state index contributed by atoms with van der Waals surface area (Å²) in [5.41, 5.74) is 3.19. The van der Waals surface area contributed by atoms with E-state index in [1.807, 2.05) is 45.9 Å². The summed E-state index contributed by atoms with van der Waals surface area (Å²) < 4.78 is 8.41. The molecule has 4 heteroatoms. The van der Waals surface area contributed by atoms with Crippen molar-refractivity contribution >= 4 is 21.9 Å². The minimum absolute atomic E-state index is 0.152. The number of aryl methyl sites for hydroxylation is 1. The van der Waals surface area contributed by atoms with Crippen LogP contribution in [0.5, 0.6) is 0 Å². The molecular weight excluding hydrogens is 342 g/mol. The molecule has 0 radical (unpaired) electrons. The quantitative estimate of drug-likeness (QED) is 0.700. The van der Waals surface area contributed by atoms with Gasteiger partial charge >= 0.3 is 5.97 Å². The number of esters is 1. The molecule has 22 heavy (non-hydrogen) atoms. The third-order valence-electron chi connectivity index (χ3n) is 3.70. The third kappa shape index (κ3) is 3.43. The number of aromatic nitrogens is 1. The van der Waals surface area contributed by atoms with Crippen LogP contribution in [0, 0.1) is 12.8 Å². The smallest absolute Gasteiger partial charge is 0.329 e. The molecule has 0 spiro atoms. The molecule has 2 aromatic rings. The fraction of sp³-hybridized carbons (Fsp3) is 0.389. The van der Waals surface area contributed by atoms with Gasteiger partial charge in [0.2, 0.25) is 0 Å². The zero-order chi connectivity index (χ0) is 16.3. The van der Waals surface area contributed by atoms with Crippen molar-refractivity contribution in [3.05, 3.63) is 46.6 Å². The molecule has 0 saturated heterocycles. The van der Waals surface area contributed by atoms with Gasteiger partial charge in [0.05, 0.1) is 6.61 Å². The van der Waals surface area contributed by atoms with Crippen molar-refractivity contribution in [2.75, 3.05) is 6.61 Å². The summed E-state index contributed by atoms with van der Waals surface area (Å²) in [6, 6.07) is 11.9. The number of carbonyl (C=O) groups excluding carboxylic acids is 1. The first-order chi connectivity index (χ1) is 10.5. The monoisotopic (exact) mass is 363 g/mol. The van der Waals surface area contributed by atoms with Crippen molar-refractivity contribution in [1.82, 2.24) is 4.57 Å². The molecule has 0 saturated carbocycles. The van der Waals surface area contributed by atoms with Crippen molar-refractivity contribution in [1.29, 1.82) is 0 Å². The van der Waals surface area contributed by atoms with Gasteiger partial charge in [-0.15, -0.1) is 0 Å². The number of nitrogens with zero attached hydrogens (tertiary/aromatic N) is 1. The van der Waals surface area contributed by atoms with E-state index >= 15 is 0 Å². The van der Waals surface area contributed by atoms with Crippen molar-refractivity contribution in [3.8, 4) is 11.3 Å². The molecule has 0 N–H and O–H groups in total. The van der Waals surface area contributed by atoms with E-state index in [0.717, 1.165) is 21.4 Å². The molecule has 0 fully saturated rings. The van der Waals surface area contributed by atoms with Crippen molar-refractivity contribution < 1.29 is 9.53 Å². The van der Waals surface area contributed by atoms with Crippen LogP contribution in [0.2, 0.25) is 0 Å². The average molecular weight is 364 g/mol. The Balaban J connectivity index is 2.51. The second-order valence-electron chi connectivity index (χ2n) is 5.68. The third-order valence-corrected chi connectivity index (χ3v) is 4.23. The summed E-state index contributed by atoms with van der Waals surface area (Å²) >= 11 is 3.46. The highest BCUT2D eigenvalue weighted by Gasteiger charge is 2.28. The molecule has 1 atom stereocenters. The second kappa shape index (κ2) is 7.14. The zero-order valence-corrected chi connectivity index (χ0v) is 15.1. The van der Waals surface area contributed by atoms with Gasteiger partial charge in [0.1, 0.15) is 6.04 Å². The summed E-state index contributed by atoms with van der Waals surface area (Å²) in [6.07, 6.45) is 0. The molecule has 3 nitrogen and oxygen atoms in total. The average Bonchev–Trinajstić information content (AvgIpc) is 2.82. The van der Waals surface area contributed by atoms with Crippen LogP contribution in [-0.2, 0) is 9.53 Å². The Bertz CT molecular complexity index is 644. The second-order valence-corrected chi connectivity index (χ2v) is 6.59. The Morgan fingerprint density at radius 3 is 2.36 bits per heavy atom. The highest BCUT2D eigenvalue weighted by molar-refractivity contribution is 9.10. The maximum absolute atomic E-state index is 12.4. The van der Waals surface area contributed by atoms with Crippen LogP contribution < -0.4 is 0 Å². The molecule has 0 aliphatic carbocycles. The molecule has 0 unspecified atom stereocenters. The Labute approximate surface area is 140 Å². The van der Waals surface area contributed by atoms with Gasteiger partial charge in [0, 0.05) is 15.9 Å². The van der Waals surface area contributed by atoms with Gasteiger partial charge in [-0.3, -0.25) is 0 Å². The number of halogens is 1. The molecule has 1 heterocycles. The Kier molecular flexibility index (Phi) is 5.46. The molecular formula is C18H22BrNO2. The fourth-order valence-corrected chi connectivity index (χ4v) is 2.94. The Morgan fingerprint density at radius 2 is 1.82 bits per heavy atom. The number of benzene rings is 1. The van der Waals surface area contributed by atoms with Crippen LogP contribution in [0.15, 0.2) is 40.9 Å². The van der Waals surface area contributed by atoms with Gasteiger partial charge in [-0.25, -0.2) is 4.79 Å². The van der Waals surface area contributed by atoms with Crippen LogP contribution in [0.3, 0.4) is 0 Å². The lowest BCUT2D eigenvalue weighted by Crippen LogP contribution is -2.27. The summed E-state index contributed by atoms with van der Waals surface area (Å²) in [6.45, 7) is 8.36. The van der Waals surface area contributed by atoms with E-state index in [0.29, 0.717) is 6.61 Å². The molecule has 118 valence electrons. The van der Waals surface area contributed by atoms with E-state index in [9.17, 15) is 4.79 Å². The molecule has 0 aliphatic heterocycles. The zero-order valence-electron chi connectivity index (χ0n) is 13.5. The van der Waals surface area contributed by atoms with Crippen LogP contribution in [-0.4, -0.2) is 17.1 Å². The molecule has 2 rings (SSSR count). The minimum Gasteiger partial charge on any atom is -0.464 e. The number of hydrogen-bond acceptors (Lipinski definition) is 2. The van der Waals surface area contributed by atoms with Crippen LogP contribution in [0.25, 0.3) is 11.3 Å². The van der Waals surface area contributed by atoms with Gasteiger partial charge in [-0.1, -0.05) is 41.9 Å². The van der Waals surface area contributed by atoms with E-state index in [1.165, 1.54) is 0 Å². The SMILES string of the molecule is CCOC(=O)[C@H](C(C)C)n1c(C)ccc1-c1ccc(Br)cc1. The number of ether oxygens (including phenoxy) is 1. The summed E-state index contributed by atoms with van der Waals surface area (Å²) in [4.78, 5) is 12.4. The van der Waals surface area contributed by atoms with Crippen molar-refractivity contribution in [2.45, 2.75) is 33.7 Å². The fourth-order valence-electron chi connectivity index (χ4n) is 2.68. The first kappa shape index (κ1) is 16.8. The maximum Gasteiger partial charge on any atom is 0.329 e. The van der Waals surface area contributed by atoms with E-state index in [2.05, 4.69) is 38.7 Å². The first-order valence-corrected chi connectivity index (χ1v) is 8.35. The van der Waals surface area contributed by atoms with Crippen LogP contribution in [0.4, 0.5) is 0 Å². The standard InChI is InChI=1S/C18H22BrNO2/c1-5-22-18(21)17(12(2)3)20-13(4)6-11-16(20)14-7-9-15(19)10-8-14/h6-12,17H,5H2,1-4H3/t17-/m0/s1.